The highest BCUT2D eigenvalue weighted by atomic mass is 16.2. The average Bonchev–Trinajstić information content (AvgIpc) is 3.12. The molecule has 0 saturated heterocycles. The molecule has 0 unspecified atom stereocenters. The minimum Gasteiger partial charge on any atom is -0.335 e. The Morgan fingerprint density at radius 1 is 1.47 bits per heavy atom. The molecule has 1 aliphatic carbocycles. The summed E-state index contributed by atoms with van der Waals surface area (Å²) in [7, 11) is 0. The molecule has 0 aromatic carbocycles. The molecule has 0 atom stereocenters. The summed E-state index contributed by atoms with van der Waals surface area (Å²) in [5.41, 5.74) is 1.54. The third kappa shape index (κ3) is 3.06. The summed E-state index contributed by atoms with van der Waals surface area (Å²) in [5, 5.41) is 13.6. The van der Waals surface area contributed by atoms with Gasteiger partial charge in [0.2, 0.25) is 0 Å². The molecule has 2 N–H and O–H groups in total. The van der Waals surface area contributed by atoms with Crippen molar-refractivity contribution >= 4 is 6.03 Å². The Kier molecular flexibility index (Phi) is 3.09. The summed E-state index contributed by atoms with van der Waals surface area (Å²) in [6.45, 7) is 0.360. The highest BCUT2D eigenvalue weighted by Crippen LogP contribution is 2.18. The first-order valence-corrected chi connectivity index (χ1v) is 6.17. The number of rotatable bonds is 4. The van der Waals surface area contributed by atoms with Crippen LogP contribution in [-0.2, 0) is 6.54 Å². The van der Waals surface area contributed by atoms with E-state index < -0.39 is 0 Å². The van der Waals surface area contributed by atoms with Gasteiger partial charge >= 0.3 is 6.03 Å². The van der Waals surface area contributed by atoms with Crippen LogP contribution in [0.5, 0.6) is 0 Å². The number of hydrogen-bond acceptors (Lipinski definition) is 4. The predicted octanol–water partition coefficient (Wildman–Crippen LogP) is 0.624. The predicted molar refractivity (Wildman–Crippen MR) is 67.5 cm³/mol. The van der Waals surface area contributed by atoms with Crippen LogP contribution in [-0.4, -0.2) is 32.1 Å². The van der Waals surface area contributed by atoms with Gasteiger partial charge in [-0.1, -0.05) is 5.21 Å². The fourth-order valence-electron chi connectivity index (χ4n) is 1.63. The first-order chi connectivity index (χ1) is 9.31. The Hall–Kier alpha value is -2.44. The van der Waals surface area contributed by atoms with E-state index in [-0.39, 0.29) is 6.03 Å². The van der Waals surface area contributed by atoms with Crippen LogP contribution < -0.4 is 10.6 Å². The first-order valence-electron chi connectivity index (χ1n) is 6.17. The zero-order valence-electron chi connectivity index (χ0n) is 10.3. The van der Waals surface area contributed by atoms with Crippen LogP contribution in [0.15, 0.2) is 30.7 Å². The number of pyridine rings is 1. The van der Waals surface area contributed by atoms with Crippen molar-refractivity contribution in [3.8, 4) is 5.69 Å². The Morgan fingerprint density at radius 3 is 3.11 bits per heavy atom. The molecule has 1 fully saturated rings. The molecule has 2 amide bonds. The lowest BCUT2D eigenvalue weighted by Crippen LogP contribution is -2.36. The van der Waals surface area contributed by atoms with E-state index in [1.165, 1.54) is 0 Å². The quantitative estimate of drug-likeness (QED) is 0.842. The highest BCUT2D eigenvalue weighted by Gasteiger charge is 2.22. The molecule has 19 heavy (non-hydrogen) atoms. The number of nitrogens with zero attached hydrogens (tertiary/aromatic N) is 4. The van der Waals surface area contributed by atoms with Crippen LogP contribution in [0.3, 0.4) is 0 Å². The highest BCUT2D eigenvalue weighted by molar-refractivity contribution is 5.74. The van der Waals surface area contributed by atoms with E-state index in [4.69, 9.17) is 0 Å². The second-order valence-corrected chi connectivity index (χ2v) is 4.47. The summed E-state index contributed by atoms with van der Waals surface area (Å²) in [6, 6.07) is 3.92. The van der Waals surface area contributed by atoms with Gasteiger partial charge in [0.1, 0.15) is 5.69 Å². The van der Waals surface area contributed by atoms with Crippen molar-refractivity contribution in [2.75, 3.05) is 0 Å². The SMILES string of the molecule is O=C(NCc1cn(-c2cccnc2)nn1)NC1CC1. The second-order valence-electron chi connectivity index (χ2n) is 4.47. The Labute approximate surface area is 110 Å². The van der Waals surface area contributed by atoms with Crippen LogP contribution in [0.25, 0.3) is 5.69 Å². The average molecular weight is 258 g/mol. The Bertz CT molecular complexity index is 563. The summed E-state index contributed by atoms with van der Waals surface area (Å²) in [6.07, 6.45) is 7.32. The molecule has 2 aromatic heterocycles. The van der Waals surface area contributed by atoms with Gasteiger partial charge in [-0.25, -0.2) is 9.48 Å². The van der Waals surface area contributed by atoms with Crippen molar-refractivity contribution in [2.24, 2.45) is 0 Å². The first kappa shape index (κ1) is 11.6. The molecule has 7 nitrogen and oxygen atoms in total. The summed E-state index contributed by atoms with van der Waals surface area (Å²) in [4.78, 5) is 15.5. The minimum atomic E-state index is -0.154. The molecule has 0 radical (unpaired) electrons. The number of hydrogen-bond donors (Lipinski definition) is 2. The van der Waals surface area contributed by atoms with Crippen LogP contribution >= 0.6 is 0 Å². The van der Waals surface area contributed by atoms with Gasteiger partial charge in [-0.3, -0.25) is 4.98 Å². The largest absolute Gasteiger partial charge is 0.335 e. The molecule has 7 heteroatoms. The van der Waals surface area contributed by atoms with E-state index in [9.17, 15) is 4.79 Å². The zero-order valence-corrected chi connectivity index (χ0v) is 10.3. The molecule has 2 heterocycles. The van der Waals surface area contributed by atoms with Crippen LogP contribution in [0.2, 0.25) is 0 Å². The monoisotopic (exact) mass is 258 g/mol. The van der Waals surface area contributed by atoms with E-state index in [1.807, 2.05) is 12.1 Å². The lowest BCUT2D eigenvalue weighted by atomic mass is 10.4. The third-order valence-electron chi connectivity index (χ3n) is 2.79. The van der Waals surface area contributed by atoms with Crippen molar-refractivity contribution in [2.45, 2.75) is 25.4 Å². The standard InChI is InChI=1S/C12H14N6O/c19-12(15-9-3-4-9)14-6-10-8-18(17-16-10)11-2-1-5-13-7-11/h1-2,5,7-9H,3-4,6H2,(H2,14,15,19). The number of urea groups is 1. The minimum absolute atomic E-state index is 0.154. The number of nitrogens with one attached hydrogen (secondary N) is 2. The van der Waals surface area contributed by atoms with Crippen LogP contribution in [0.1, 0.15) is 18.5 Å². The van der Waals surface area contributed by atoms with Gasteiger partial charge in [0.15, 0.2) is 0 Å². The van der Waals surface area contributed by atoms with E-state index in [0.717, 1.165) is 18.5 Å². The molecule has 0 aliphatic heterocycles. The molecule has 1 saturated carbocycles. The van der Waals surface area contributed by atoms with Gasteiger partial charge in [-0.05, 0) is 25.0 Å². The summed E-state index contributed by atoms with van der Waals surface area (Å²) >= 11 is 0. The fourth-order valence-corrected chi connectivity index (χ4v) is 1.63. The lowest BCUT2D eigenvalue weighted by molar-refractivity contribution is 0.240. The van der Waals surface area contributed by atoms with Crippen LogP contribution in [0, 0.1) is 0 Å². The zero-order chi connectivity index (χ0) is 13.1. The molecule has 1 aliphatic rings. The second kappa shape index (κ2) is 5.05. The maximum atomic E-state index is 11.5. The number of amides is 2. The smallest absolute Gasteiger partial charge is 0.315 e. The normalized spacial score (nSPS) is 14.1. The molecular weight excluding hydrogens is 244 g/mol. The van der Waals surface area contributed by atoms with E-state index in [1.54, 1.807) is 23.3 Å². The van der Waals surface area contributed by atoms with E-state index in [0.29, 0.717) is 18.3 Å². The molecule has 2 aromatic rings. The van der Waals surface area contributed by atoms with E-state index >= 15 is 0 Å². The molecule has 0 bridgehead atoms. The van der Waals surface area contributed by atoms with Gasteiger partial charge in [0, 0.05) is 12.2 Å². The summed E-state index contributed by atoms with van der Waals surface area (Å²) < 4.78 is 1.63. The number of carbonyl (C=O) groups excluding carboxylic acids is 1. The molecular formula is C12H14N6O. The summed E-state index contributed by atoms with van der Waals surface area (Å²) in [5.74, 6) is 0. The van der Waals surface area contributed by atoms with E-state index in [2.05, 4.69) is 25.9 Å². The topological polar surface area (TPSA) is 84.7 Å². The fraction of sp³-hybridized carbons (Fsp3) is 0.333. The van der Waals surface area contributed by atoms with Crippen molar-refractivity contribution in [1.82, 2.24) is 30.6 Å². The van der Waals surface area contributed by atoms with Gasteiger partial charge < -0.3 is 10.6 Å². The van der Waals surface area contributed by atoms with Crippen LogP contribution in [0.4, 0.5) is 4.79 Å². The van der Waals surface area contributed by atoms with Gasteiger partial charge in [0.25, 0.3) is 0 Å². The maximum absolute atomic E-state index is 11.5. The molecule has 0 spiro atoms. The van der Waals surface area contributed by atoms with Crippen molar-refractivity contribution in [3.63, 3.8) is 0 Å². The Balaban J connectivity index is 1.57. The molecule has 98 valence electrons. The van der Waals surface area contributed by atoms with Crippen molar-refractivity contribution in [1.29, 1.82) is 0 Å². The van der Waals surface area contributed by atoms with Crippen molar-refractivity contribution in [3.05, 3.63) is 36.4 Å². The van der Waals surface area contributed by atoms with Gasteiger partial charge in [0.05, 0.1) is 24.6 Å². The molecule has 3 rings (SSSR count). The van der Waals surface area contributed by atoms with Gasteiger partial charge in [-0.15, -0.1) is 5.10 Å². The number of aromatic nitrogens is 4. The van der Waals surface area contributed by atoms with Crippen molar-refractivity contribution < 1.29 is 4.79 Å². The lowest BCUT2D eigenvalue weighted by Gasteiger charge is -2.03. The maximum Gasteiger partial charge on any atom is 0.315 e. The van der Waals surface area contributed by atoms with Gasteiger partial charge in [-0.2, -0.15) is 0 Å². The third-order valence-corrected chi connectivity index (χ3v) is 2.79. The Morgan fingerprint density at radius 2 is 2.37 bits per heavy atom. The number of carbonyl (C=O) groups is 1.